The maximum atomic E-state index is 10.0. The van der Waals surface area contributed by atoms with Gasteiger partial charge in [0.15, 0.2) is 0 Å². The number of aliphatic hydroxyl groups excluding tert-OH is 1. The molecule has 0 saturated heterocycles. The SMILES string of the molecule is COCCNCC(O)c1cccc(C)c1C. The van der Waals surface area contributed by atoms with Gasteiger partial charge >= 0.3 is 0 Å². The molecule has 0 aromatic heterocycles. The Bertz CT molecular complexity index is 326. The molecule has 0 radical (unpaired) electrons. The number of hydrogen-bond acceptors (Lipinski definition) is 3. The van der Waals surface area contributed by atoms with E-state index in [0.29, 0.717) is 13.2 Å². The van der Waals surface area contributed by atoms with Gasteiger partial charge in [-0.05, 0) is 30.5 Å². The van der Waals surface area contributed by atoms with Crippen molar-refractivity contribution in [3.05, 3.63) is 34.9 Å². The van der Waals surface area contributed by atoms with Crippen molar-refractivity contribution in [2.75, 3.05) is 26.8 Å². The highest BCUT2D eigenvalue weighted by atomic mass is 16.5. The Morgan fingerprint density at radius 1 is 1.38 bits per heavy atom. The molecule has 1 aromatic carbocycles. The highest BCUT2D eigenvalue weighted by Crippen LogP contribution is 2.19. The Labute approximate surface area is 97.4 Å². The van der Waals surface area contributed by atoms with Crippen LogP contribution in [-0.4, -0.2) is 31.9 Å². The fourth-order valence-electron chi connectivity index (χ4n) is 1.66. The number of aryl methyl sites for hydroxylation is 1. The van der Waals surface area contributed by atoms with Crippen molar-refractivity contribution in [2.24, 2.45) is 0 Å². The fourth-order valence-corrected chi connectivity index (χ4v) is 1.66. The molecule has 0 amide bonds. The smallest absolute Gasteiger partial charge is 0.0917 e. The highest BCUT2D eigenvalue weighted by molar-refractivity contribution is 5.34. The summed E-state index contributed by atoms with van der Waals surface area (Å²) in [6, 6.07) is 6.02. The van der Waals surface area contributed by atoms with Gasteiger partial charge in [-0.3, -0.25) is 0 Å². The average molecular weight is 223 g/mol. The number of ether oxygens (including phenoxy) is 1. The molecule has 3 heteroatoms. The first-order chi connectivity index (χ1) is 7.66. The molecule has 0 aliphatic rings. The van der Waals surface area contributed by atoms with Crippen molar-refractivity contribution >= 4 is 0 Å². The molecular weight excluding hydrogens is 202 g/mol. The van der Waals surface area contributed by atoms with Gasteiger partial charge in [0, 0.05) is 20.2 Å². The first-order valence-corrected chi connectivity index (χ1v) is 5.60. The van der Waals surface area contributed by atoms with E-state index in [0.717, 1.165) is 12.1 Å². The summed E-state index contributed by atoms with van der Waals surface area (Å²) in [5, 5.41) is 13.2. The summed E-state index contributed by atoms with van der Waals surface area (Å²) in [5.41, 5.74) is 3.39. The Kier molecular flexibility index (Phi) is 5.46. The molecule has 1 rings (SSSR count). The summed E-state index contributed by atoms with van der Waals surface area (Å²) in [7, 11) is 1.67. The molecule has 0 saturated carbocycles. The number of rotatable bonds is 6. The molecule has 0 bridgehead atoms. The number of benzene rings is 1. The first-order valence-electron chi connectivity index (χ1n) is 5.60. The summed E-state index contributed by atoms with van der Waals surface area (Å²) >= 11 is 0. The van der Waals surface area contributed by atoms with Crippen molar-refractivity contribution in [1.29, 1.82) is 0 Å². The third-order valence-corrected chi connectivity index (χ3v) is 2.83. The Balaban J connectivity index is 2.52. The van der Waals surface area contributed by atoms with Crippen LogP contribution in [0.15, 0.2) is 18.2 Å². The van der Waals surface area contributed by atoms with Crippen LogP contribution in [0.2, 0.25) is 0 Å². The van der Waals surface area contributed by atoms with E-state index >= 15 is 0 Å². The zero-order valence-electron chi connectivity index (χ0n) is 10.3. The second-order valence-corrected chi connectivity index (χ2v) is 4.00. The molecule has 2 N–H and O–H groups in total. The van der Waals surface area contributed by atoms with Crippen LogP contribution in [0.5, 0.6) is 0 Å². The summed E-state index contributed by atoms with van der Waals surface area (Å²) in [4.78, 5) is 0. The third-order valence-electron chi connectivity index (χ3n) is 2.83. The summed E-state index contributed by atoms with van der Waals surface area (Å²) < 4.78 is 4.93. The Hall–Kier alpha value is -0.900. The molecule has 0 fully saturated rings. The first kappa shape index (κ1) is 13.2. The second kappa shape index (κ2) is 6.63. The van der Waals surface area contributed by atoms with E-state index in [-0.39, 0.29) is 0 Å². The minimum Gasteiger partial charge on any atom is -0.387 e. The molecule has 1 atom stereocenters. The summed E-state index contributed by atoms with van der Waals surface area (Å²) in [6.45, 7) is 6.10. The van der Waals surface area contributed by atoms with Gasteiger partial charge in [-0.25, -0.2) is 0 Å². The van der Waals surface area contributed by atoms with Crippen molar-refractivity contribution in [3.8, 4) is 0 Å². The average Bonchev–Trinajstić information content (AvgIpc) is 2.28. The van der Waals surface area contributed by atoms with Gasteiger partial charge in [-0.1, -0.05) is 18.2 Å². The Morgan fingerprint density at radius 3 is 2.81 bits per heavy atom. The highest BCUT2D eigenvalue weighted by Gasteiger charge is 2.10. The monoisotopic (exact) mass is 223 g/mol. The van der Waals surface area contributed by atoms with Crippen molar-refractivity contribution in [3.63, 3.8) is 0 Å². The van der Waals surface area contributed by atoms with Crippen LogP contribution >= 0.6 is 0 Å². The van der Waals surface area contributed by atoms with Gasteiger partial charge in [0.1, 0.15) is 0 Å². The van der Waals surface area contributed by atoms with Crippen LogP contribution in [0, 0.1) is 13.8 Å². The van der Waals surface area contributed by atoms with E-state index in [4.69, 9.17) is 4.74 Å². The number of aliphatic hydroxyl groups is 1. The van der Waals surface area contributed by atoms with Gasteiger partial charge in [0.25, 0.3) is 0 Å². The van der Waals surface area contributed by atoms with Gasteiger partial charge < -0.3 is 15.2 Å². The van der Waals surface area contributed by atoms with Crippen LogP contribution in [0.3, 0.4) is 0 Å². The topological polar surface area (TPSA) is 41.5 Å². The quantitative estimate of drug-likeness (QED) is 0.719. The molecule has 0 aliphatic carbocycles. The molecule has 90 valence electrons. The molecule has 16 heavy (non-hydrogen) atoms. The van der Waals surface area contributed by atoms with Gasteiger partial charge in [0.05, 0.1) is 12.7 Å². The maximum Gasteiger partial charge on any atom is 0.0917 e. The van der Waals surface area contributed by atoms with Crippen LogP contribution in [0.25, 0.3) is 0 Å². The van der Waals surface area contributed by atoms with Crippen LogP contribution in [-0.2, 0) is 4.74 Å². The lowest BCUT2D eigenvalue weighted by molar-refractivity contribution is 0.161. The molecule has 1 unspecified atom stereocenters. The summed E-state index contributed by atoms with van der Waals surface area (Å²) in [5.74, 6) is 0. The molecule has 0 heterocycles. The van der Waals surface area contributed by atoms with E-state index in [1.807, 2.05) is 19.1 Å². The zero-order valence-corrected chi connectivity index (χ0v) is 10.3. The summed E-state index contributed by atoms with van der Waals surface area (Å²) in [6.07, 6.45) is -0.447. The van der Waals surface area contributed by atoms with E-state index in [1.54, 1.807) is 7.11 Å². The maximum absolute atomic E-state index is 10.0. The predicted molar refractivity (Wildman–Crippen MR) is 65.6 cm³/mol. The lowest BCUT2D eigenvalue weighted by atomic mass is 9.99. The van der Waals surface area contributed by atoms with Crippen molar-refractivity contribution in [2.45, 2.75) is 20.0 Å². The molecular formula is C13H21NO2. The third kappa shape index (κ3) is 3.59. The minimum absolute atomic E-state index is 0.447. The zero-order chi connectivity index (χ0) is 12.0. The Morgan fingerprint density at radius 2 is 2.12 bits per heavy atom. The van der Waals surface area contributed by atoms with Crippen LogP contribution < -0.4 is 5.32 Å². The van der Waals surface area contributed by atoms with Crippen LogP contribution in [0.1, 0.15) is 22.8 Å². The number of nitrogens with one attached hydrogen (secondary N) is 1. The molecule has 0 spiro atoms. The largest absolute Gasteiger partial charge is 0.387 e. The lowest BCUT2D eigenvalue weighted by Crippen LogP contribution is -2.25. The molecule has 0 aliphatic heterocycles. The van der Waals surface area contributed by atoms with E-state index in [1.165, 1.54) is 11.1 Å². The normalized spacial score (nSPS) is 12.8. The van der Waals surface area contributed by atoms with Gasteiger partial charge in [-0.2, -0.15) is 0 Å². The minimum atomic E-state index is -0.447. The van der Waals surface area contributed by atoms with E-state index in [9.17, 15) is 5.11 Å². The number of methoxy groups -OCH3 is 1. The second-order valence-electron chi connectivity index (χ2n) is 4.00. The van der Waals surface area contributed by atoms with Gasteiger partial charge in [0.2, 0.25) is 0 Å². The van der Waals surface area contributed by atoms with Crippen molar-refractivity contribution in [1.82, 2.24) is 5.32 Å². The fraction of sp³-hybridized carbons (Fsp3) is 0.538. The molecule has 3 nitrogen and oxygen atoms in total. The standard InChI is InChI=1S/C13H21NO2/c1-10-5-4-6-12(11(10)2)13(15)9-14-7-8-16-3/h4-6,13-15H,7-9H2,1-3H3. The van der Waals surface area contributed by atoms with Crippen molar-refractivity contribution < 1.29 is 9.84 Å². The van der Waals surface area contributed by atoms with E-state index < -0.39 is 6.10 Å². The number of hydrogen-bond donors (Lipinski definition) is 2. The van der Waals surface area contributed by atoms with E-state index in [2.05, 4.69) is 18.3 Å². The molecule has 1 aromatic rings. The lowest BCUT2D eigenvalue weighted by Gasteiger charge is -2.15. The van der Waals surface area contributed by atoms with Gasteiger partial charge in [-0.15, -0.1) is 0 Å². The van der Waals surface area contributed by atoms with Crippen LogP contribution in [0.4, 0.5) is 0 Å². The predicted octanol–water partition coefficient (Wildman–Crippen LogP) is 1.57.